The van der Waals surface area contributed by atoms with Gasteiger partial charge in [0.25, 0.3) is 5.56 Å². The highest BCUT2D eigenvalue weighted by molar-refractivity contribution is 8.00. The zero-order chi connectivity index (χ0) is 18.3. The minimum Gasteiger partial charge on any atom is -0.497 e. The van der Waals surface area contributed by atoms with Crippen molar-refractivity contribution >= 4 is 11.8 Å². The van der Waals surface area contributed by atoms with Crippen molar-refractivity contribution in [3.8, 4) is 5.75 Å². The Bertz CT molecular complexity index is 895. The number of rotatable bonds is 3. The molecule has 8 nitrogen and oxygen atoms in total. The van der Waals surface area contributed by atoms with Crippen LogP contribution in [0.25, 0.3) is 0 Å². The second kappa shape index (κ2) is 6.92. The monoisotopic (exact) mass is 378 g/mol. The summed E-state index contributed by atoms with van der Waals surface area (Å²) in [5.41, 5.74) is -0.202. The van der Waals surface area contributed by atoms with Crippen LogP contribution < -0.4 is 16.0 Å². The van der Waals surface area contributed by atoms with E-state index in [4.69, 9.17) is 14.2 Å². The number of aromatic amines is 1. The van der Waals surface area contributed by atoms with E-state index in [0.29, 0.717) is 6.61 Å². The molecule has 0 radical (unpaired) electrons. The van der Waals surface area contributed by atoms with Gasteiger partial charge in [0.1, 0.15) is 23.3 Å². The van der Waals surface area contributed by atoms with E-state index in [0.717, 1.165) is 11.3 Å². The average Bonchev–Trinajstić information content (AvgIpc) is 2.98. The summed E-state index contributed by atoms with van der Waals surface area (Å²) in [7, 11) is 1.60. The van der Waals surface area contributed by atoms with Crippen molar-refractivity contribution in [2.45, 2.75) is 29.1 Å². The second-order valence-electron chi connectivity index (χ2n) is 6.11. The molecule has 2 fully saturated rings. The van der Waals surface area contributed by atoms with Gasteiger partial charge in [-0.1, -0.05) is 12.1 Å². The summed E-state index contributed by atoms with van der Waals surface area (Å²) in [6, 6.07) is 8.59. The van der Waals surface area contributed by atoms with Crippen LogP contribution in [-0.2, 0) is 9.47 Å². The maximum Gasteiger partial charge on any atom is 0.329 e. The Hall–Kier alpha value is -2.07. The lowest BCUT2D eigenvalue weighted by atomic mass is 10.1. The maximum atomic E-state index is 12.0. The third kappa shape index (κ3) is 3.07. The number of nitrogens with one attached hydrogen (secondary N) is 1. The number of aliphatic hydroxyl groups is 1. The number of fused-ring (bicyclic) bond motifs is 1. The van der Waals surface area contributed by atoms with Gasteiger partial charge in [0.15, 0.2) is 6.29 Å². The molecule has 138 valence electrons. The molecule has 1 aromatic heterocycles. The largest absolute Gasteiger partial charge is 0.497 e. The van der Waals surface area contributed by atoms with Gasteiger partial charge in [0, 0.05) is 17.8 Å². The van der Waals surface area contributed by atoms with E-state index in [2.05, 4.69) is 4.98 Å². The maximum absolute atomic E-state index is 12.0. The summed E-state index contributed by atoms with van der Waals surface area (Å²) in [5.74, 6) is 0.733. The Balaban J connectivity index is 1.54. The Morgan fingerprint density at radius 1 is 1.27 bits per heavy atom. The average molecular weight is 378 g/mol. The number of hydrogen-bond acceptors (Lipinski definition) is 7. The topological polar surface area (TPSA) is 103 Å². The van der Waals surface area contributed by atoms with Crippen LogP contribution in [0, 0.1) is 0 Å². The molecular weight excluding hydrogens is 360 g/mol. The minimum atomic E-state index is -0.904. The van der Waals surface area contributed by atoms with Crippen molar-refractivity contribution in [3.63, 3.8) is 0 Å². The Morgan fingerprint density at radius 3 is 2.73 bits per heavy atom. The Labute approximate surface area is 152 Å². The SMILES string of the molecule is COc1ccc(C2OC[C@H]3S[C@@H](n4ccc(=O)[nH]c4=O)[C@@H](O)[C@@H]3O2)cc1. The lowest BCUT2D eigenvalue weighted by Crippen LogP contribution is -2.43. The molecule has 1 aromatic carbocycles. The summed E-state index contributed by atoms with van der Waals surface area (Å²) >= 11 is 1.40. The standard InChI is InChI=1S/C17H18N2O6S/c1-23-10-4-2-9(3-5-10)16-24-8-11-14(25-16)13(21)15(26-11)19-7-6-12(20)18-17(19)22/h2-7,11,13-16,21H,8H2,1H3,(H,18,20,22)/t11-,13+,14-,15-,16?/m1/s1. The van der Waals surface area contributed by atoms with Gasteiger partial charge in [-0.3, -0.25) is 14.3 Å². The van der Waals surface area contributed by atoms with Gasteiger partial charge >= 0.3 is 5.69 Å². The molecule has 2 aliphatic heterocycles. The number of H-pyrrole nitrogens is 1. The van der Waals surface area contributed by atoms with Gasteiger partial charge < -0.3 is 19.3 Å². The molecular formula is C17H18N2O6S. The third-order valence-electron chi connectivity index (χ3n) is 4.52. The van der Waals surface area contributed by atoms with Crippen molar-refractivity contribution in [2.75, 3.05) is 13.7 Å². The molecule has 26 heavy (non-hydrogen) atoms. The summed E-state index contributed by atoms with van der Waals surface area (Å²) in [6.45, 7) is 0.387. The molecule has 0 amide bonds. The van der Waals surface area contributed by atoms with Gasteiger partial charge in [-0.2, -0.15) is 0 Å². The number of ether oxygens (including phenoxy) is 3. The fraction of sp³-hybridized carbons (Fsp3) is 0.412. The van der Waals surface area contributed by atoms with Crippen LogP contribution in [0.3, 0.4) is 0 Å². The summed E-state index contributed by atoms with van der Waals surface area (Å²) in [5, 5.41) is 10.0. The van der Waals surface area contributed by atoms with Gasteiger partial charge in [0.05, 0.1) is 19.0 Å². The van der Waals surface area contributed by atoms with Gasteiger partial charge in [-0.05, 0) is 12.1 Å². The van der Waals surface area contributed by atoms with Gasteiger partial charge in [-0.15, -0.1) is 11.8 Å². The predicted molar refractivity (Wildman–Crippen MR) is 94.3 cm³/mol. The molecule has 0 bridgehead atoms. The van der Waals surface area contributed by atoms with Crippen molar-refractivity contribution in [2.24, 2.45) is 0 Å². The summed E-state index contributed by atoms with van der Waals surface area (Å²) < 4.78 is 18.2. The first kappa shape index (κ1) is 17.3. The van der Waals surface area contributed by atoms with E-state index in [9.17, 15) is 14.7 Å². The molecule has 2 aliphatic rings. The molecule has 5 atom stereocenters. The minimum absolute atomic E-state index is 0.108. The van der Waals surface area contributed by atoms with Crippen LogP contribution in [-0.4, -0.2) is 45.8 Å². The third-order valence-corrected chi connectivity index (χ3v) is 6.05. The highest BCUT2D eigenvalue weighted by atomic mass is 32.2. The fourth-order valence-electron chi connectivity index (χ4n) is 3.18. The highest BCUT2D eigenvalue weighted by Gasteiger charge is 2.49. The number of hydrogen-bond donors (Lipinski definition) is 2. The molecule has 2 saturated heterocycles. The van der Waals surface area contributed by atoms with Crippen molar-refractivity contribution in [1.29, 1.82) is 0 Å². The molecule has 2 N–H and O–H groups in total. The van der Waals surface area contributed by atoms with Gasteiger partial charge in [-0.25, -0.2) is 4.79 Å². The first-order valence-corrected chi connectivity index (χ1v) is 9.07. The van der Waals surface area contributed by atoms with Crippen LogP contribution in [0.4, 0.5) is 0 Å². The molecule has 4 rings (SSSR count). The summed E-state index contributed by atoms with van der Waals surface area (Å²) in [6.07, 6.45) is -0.590. The van der Waals surface area contributed by atoms with Crippen LogP contribution in [0.15, 0.2) is 46.1 Å². The quantitative estimate of drug-likeness (QED) is 0.808. The van der Waals surface area contributed by atoms with E-state index in [1.807, 2.05) is 24.3 Å². The predicted octanol–water partition coefficient (Wildman–Crippen LogP) is 0.634. The lowest BCUT2D eigenvalue weighted by molar-refractivity contribution is -0.231. The van der Waals surface area contributed by atoms with Crippen LogP contribution in [0.5, 0.6) is 5.75 Å². The van der Waals surface area contributed by atoms with Crippen LogP contribution in [0.2, 0.25) is 0 Å². The van der Waals surface area contributed by atoms with E-state index < -0.39 is 35.1 Å². The molecule has 2 aromatic rings. The molecule has 0 saturated carbocycles. The van der Waals surface area contributed by atoms with Crippen molar-refractivity contribution in [1.82, 2.24) is 9.55 Å². The first-order valence-electron chi connectivity index (χ1n) is 8.13. The van der Waals surface area contributed by atoms with Crippen molar-refractivity contribution < 1.29 is 19.3 Å². The molecule has 9 heteroatoms. The van der Waals surface area contributed by atoms with E-state index >= 15 is 0 Å². The lowest BCUT2D eigenvalue weighted by Gasteiger charge is -2.33. The summed E-state index contributed by atoms with van der Waals surface area (Å²) in [4.78, 5) is 25.5. The number of nitrogens with zero attached hydrogens (tertiary/aromatic N) is 1. The molecule has 1 unspecified atom stereocenters. The van der Waals surface area contributed by atoms with E-state index in [-0.39, 0.29) is 5.25 Å². The number of methoxy groups -OCH3 is 1. The normalized spacial score (nSPS) is 30.8. The zero-order valence-corrected chi connectivity index (χ0v) is 14.7. The first-order chi connectivity index (χ1) is 12.6. The van der Waals surface area contributed by atoms with Crippen LogP contribution >= 0.6 is 11.8 Å². The van der Waals surface area contributed by atoms with Crippen LogP contribution in [0.1, 0.15) is 17.2 Å². The number of benzene rings is 1. The zero-order valence-electron chi connectivity index (χ0n) is 13.9. The van der Waals surface area contributed by atoms with Crippen molar-refractivity contribution in [3.05, 3.63) is 62.9 Å². The molecule has 0 aliphatic carbocycles. The molecule has 0 spiro atoms. The fourth-order valence-corrected chi connectivity index (χ4v) is 4.69. The Morgan fingerprint density at radius 2 is 2.04 bits per heavy atom. The van der Waals surface area contributed by atoms with E-state index in [1.165, 1.54) is 28.6 Å². The number of thioether (sulfide) groups is 1. The number of aliphatic hydroxyl groups excluding tert-OH is 1. The molecule has 3 heterocycles. The number of aromatic nitrogens is 2. The van der Waals surface area contributed by atoms with E-state index in [1.54, 1.807) is 7.11 Å². The van der Waals surface area contributed by atoms with Gasteiger partial charge in [0.2, 0.25) is 0 Å². The highest BCUT2D eigenvalue weighted by Crippen LogP contribution is 2.46. The smallest absolute Gasteiger partial charge is 0.329 e. The second-order valence-corrected chi connectivity index (χ2v) is 7.47. The Kier molecular flexibility index (Phi) is 4.62.